The molecule has 0 aliphatic heterocycles. The van der Waals surface area contributed by atoms with Crippen LogP contribution in [0, 0.1) is 0 Å². The Morgan fingerprint density at radius 3 is 1.50 bits per heavy atom. The molecular formula is C3H11OSi2. The molecule has 37 valence electrons. The summed E-state index contributed by atoms with van der Waals surface area (Å²) in [6, 6.07) is 0. The zero-order valence-corrected chi connectivity index (χ0v) is 7.03. The monoisotopic (exact) mass is 119 g/mol. The van der Waals surface area contributed by atoms with Crippen molar-refractivity contribution in [3.8, 4) is 0 Å². The Kier molecular flexibility index (Phi) is 2.03. The maximum absolute atomic E-state index is 5.10. The maximum atomic E-state index is 5.10. The third-order valence-electron chi connectivity index (χ3n) is 0.433. The summed E-state index contributed by atoms with van der Waals surface area (Å²) in [5.74, 6) is 0. The first-order valence-corrected chi connectivity index (χ1v) is 5.98. The van der Waals surface area contributed by atoms with Crippen molar-refractivity contribution in [3.63, 3.8) is 0 Å². The molecule has 0 N–H and O–H groups in total. The SMILES string of the molecule is C[Si](C)(C)O[SiH2]. The van der Waals surface area contributed by atoms with Gasteiger partial charge in [0.25, 0.3) is 0 Å². The summed E-state index contributed by atoms with van der Waals surface area (Å²) in [5, 5.41) is 0. The van der Waals surface area contributed by atoms with E-state index in [1.165, 1.54) is 0 Å². The Morgan fingerprint density at radius 2 is 1.50 bits per heavy atom. The molecule has 6 heavy (non-hydrogen) atoms. The van der Waals surface area contributed by atoms with E-state index in [4.69, 9.17) is 4.12 Å². The Labute approximate surface area is 43.4 Å². The van der Waals surface area contributed by atoms with Crippen LogP contribution in [-0.2, 0) is 4.12 Å². The minimum absolute atomic E-state index is 1.12. The van der Waals surface area contributed by atoms with Crippen LogP contribution in [0.2, 0.25) is 19.6 Å². The fourth-order valence-corrected chi connectivity index (χ4v) is 0. The molecular weight excluding hydrogens is 108 g/mol. The molecule has 0 heterocycles. The van der Waals surface area contributed by atoms with E-state index in [0.29, 0.717) is 0 Å². The van der Waals surface area contributed by atoms with E-state index >= 15 is 0 Å². The van der Waals surface area contributed by atoms with Gasteiger partial charge in [-0.1, -0.05) is 0 Å². The van der Waals surface area contributed by atoms with Crippen molar-refractivity contribution in [2.45, 2.75) is 19.6 Å². The predicted molar refractivity (Wildman–Crippen MR) is 33.0 cm³/mol. The highest BCUT2D eigenvalue weighted by Gasteiger charge is 2.08. The molecule has 0 atom stereocenters. The highest BCUT2D eigenvalue weighted by molar-refractivity contribution is 6.72. The molecule has 0 aromatic rings. The fourth-order valence-electron chi connectivity index (χ4n) is 0. The summed E-state index contributed by atoms with van der Waals surface area (Å²) in [7, 11) is 0.479. The summed E-state index contributed by atoms with van der Waals surface area (Å²) in [5.41, 5.74) is 0. The van der Waals surface area contributed by atoms with E-state index in [1.54, 1.807) is 10.5 Å². The van der Waals surface area contributed by atoms with Gasteiger partial charge in [0.15, 0.2) is 18.8 Å². The second-order valence-corrected chi connectivity index (χ2v) is 7.64. The maximum Gasteiger partial charge on any atom is 0.169 e. The normalized spacial score (nSPS) is 12.0. The molecule has 3 heteroatoms. The topological polar surface area (TPSA) is 9.23 Å². The molecule has 1 radical (unpaired) electrons. The Balaban J connectivity index is 3.17. The molecule has 0 fully saturated rings. The van der Waals surface area contributed by atoms with Crippen molar-refractivity contribution in [1.82, 2.24) is 0 Å². The van der Waals surface area contributed by atoms with Crippen molar-refractivity contribution in [2.75, 3.05) is 0 Å². The number of hydrogen-bond acceptors (Lipinski definition) is 1. The number of hydrogen-bond donors (Lipinski definition) is 0. The molecule has 0 aliphatic rings. The lowest BCUT2D eigenvalue weighted by atomic mass is 11.8. The molecule has 0 saturated heterocycles. The van der Waals surface area contributed by atoms with Crippen LogP contribution in [0.3, 0.4) is 0 Å². The average Bonchev–Trinajstić information content (AvgIpc) is 1.35. The van der Waals surface area contributed by atoms with Gasteiger partial charge in [-0.05, 0) is 19.6 Å². The third-order valence-corrected chi connectivity index (χ3v) is 3.90. The lowest BCUT2D eigenvalue weighted by molar-refractivity contribution is 0.620. The molecule has 0 saturated carbocycles. The molecule has 0 unspecified atom stereocenters. The van der Waals surface area contributed by atoms with E-state index in [1.807, 2.05) is 0 Å². The van der Waals surface area contributed by atoms with Crippen molar-refractivity contribution < 1.29 is 4.12 Å². The highest BCUT2D eigenvalue weighted by atomic mass is 28.4. The fraction of sp³-hybridized carbons (Fsp3) is 1.00. The van der Waals surface area contributed by atoms with Crippen LogP contribution in [0.5, 0.6) is 0 Å². The first kappa shape index (κ1) is 6.39. The molecule has 0 aliphatic carbocycles. The Hall–Kier alpha value is 0.394. The van der Waals surface area contributed by atoms with E-state index in [0.717, 1.165) is 0 Å². The Morgan fingerprint density at radius 1 is 1.33 bits per heavy atom. The van der Waals surface area contributed by atoms with Gasteiger partial charge in [0.1, 0.15) is 0 Å². The van der Waals surface area contributed by atoms with Crippen molar-refractivity contribution in [3.05, 3.63) is 0 Å². The largest absolute Gasteiger partial charge is 0.461 e. The standard InChI is InChI=1S/C3H11OSi2/c1-6(2,3)4-5/h5H2,1-3H3. The van der Waals surface area contributed by atoms with Crippen LogP contribution in [0.15, 0.2) is 0 Å². The van der Waals surface area contributed by atoms with Crippen LogP contribution < -0.4 is 0 Å². The van der Waals surface area contributed by atoms with Crippen molar-refractivity contribution in [2.24, 2.45) is 0 Å². The van der Waals surface area contributed by atoms with Gasteiger partial charge in [-0.3, -0.25) is 0 Å². The summed E-state index contributed by atoms with van der Waals surface area (Å²) in [6.07, 6.45) is 0. The summed E-state index contributed by atoms with van der Waals surface area (Å²) >= 11 is 0. The van der Waals surface area contributed by atoms with Gasteiger partial charge >= 0.3 is 0 Å². The molecule has 0 rings (SSSR count). The summed E-state index contributed by atoms with van der Waals surface area (Å²) in [6.45, 7) is 6.50. The molecule has 0 aromatic heterocycles. The van der Waals surface area contributed by atoms with Gasteiger partial charge in [0.05, 0.1) is 0 Å². The van der Waals surface area contributed by atoms with Crippen LogP contribution in [0.25, 0.3) is 0 Å². The smallest absolute Gasteiger partial charge is 0.169 e. The van der Waals surface area contributed by atoms with Gasteiger partial charge in [0.2, 0.25) is 0 Å². The average molecular weight is 119 g/mol. The van der Waals surface area contributed by atoms with E-state index in [9.17, 15) is 0 Å². The van der Waals surface area contributed by atoms with Gasteiger partial charge in [-0.2, -0.15) is 0 Å². The zero-order chi connectivity index (χ0) is 5.21. The lowest BCUT2D eigenvalue weighted by Crippen LogP contribution is -2.23. The quantitative estimate of drug-likeness (QED) is 0.454. The van der Waals surface area contributed by atoms with E-state index < -0.39 is 8.32 Å². The van der Waals surface area contributed by atoms with Crippen molar-refractivity contribution in [1.29, 1.82) is 0 Å². The van der Waals surface area contributed by atoms with Gasteiger partial charge in [-0.15, -0.1) is 0 Å². The number of rotatable bonds is 1. The zero-order valence-electron chi connectivity index (χ0n) is 4.62. The summed E-state index contributed by atoms with van der Waals surface area (Å²) < 4.78 is 5.10. The second-order valence-electron chi connectivity index (χ2n) is 2.26. The highest BCUT2D eigenvalue weighted by Crippen LogP contribution is 1.96. The van der Waals surface area contributed by atoms with Gasteiger partial charge in [0, 0.05) is 0 Å². The van der Waals surface area contributed by atoms with Gasteiger partial charge < -0.3 is 4.12 Å². The molecule has 0 bridgehead atoms. The molecule has 0 amide bonds. The van der Waals surface area contributed by atoms with E-state index in [2.05, 4.69) is 19.6 Å². The van der Waals surface area contributed by atoms with Crippen molar-refractivity contribution >= 4 is 18.8 Å². The first-order chi connectivity index (χ1) is 2.56. The minimum atomic E-state index is -1.12. The molecule has 0 aromatic carbocycles. The van der Waals surface area contributed by atoms with Crippen LogP contribution >= 0.6 is 0 Å². The molecule has 0 spiro atoms. The second kappa shape index (κ2) is 1.90. The Bertz CT molecular complexity index is 38.5. The molecule has 1 nitrogen and oxygen atoms in total. The first-order valence-electron chi connectivity index (χ1n) is 1.99. The third kappa shape index (κ3) is 4.39. The van der Waals surface area contributed by atoms with E-state index in [-0.39, 0.29) is 0 Å². The van der Waals surface area contributed by atoms with Crippen LogP contribution in [0.4, 0.5) is 0 Å². The van der Waals surface area contributed by atoms with Gasteiger partial charge in [-0.25, -0.2) is 0 Å². The van der Waals surface area contributed by atoms with Crippen LogP contribution in [-0.4, -0.2) is 18.8 Å². The van der Waals surface area contributed by atoms with Crippen LogP contribution in [0.1, 0.15) is 0 Å². The predicted octanol–water partition coefficient (Wildman–Crippen LogP) is 0.386. The minimum Gasteiger partial charge on any atom is -0.461 e. The summed E-state index contributed by atoms with van der Waals surface area (Å²) in [4.78, 5) is 0. The lowest BCUT2D eigenvalue weighted by Gasteiger charge is -2.11.